The molecule has 2 aliphatic heterocycles. The van der Waals surface area contributed by atoms with Crippen molar-refractivity contribution in [3.63, 3.8) is 0 Å². The summed E-state index contributed by atoms with van der Waals surface area (Å²) < 4.78 is 0. The minimum atomic E-state index is -0.911. The predicted octanol–water partition coefficient (Wildman–Crippen LogP) is 2.33. The van der Waals surface area contributed by atoms with Crippen LogP contribution in [0.15, 0.2) is 24.3 Å². The number of carbonyl (C=O) groups is 1. The van der Waals surface area contributed by atoms with Gasteiger partial charge in [0.05, 0.1) is 23.6 Å². The first-order chi connectivity index (χ1) is 10.2. The van der Waals surface area contributed by atoms with Gasteiger partial charge in [0, 0.05) is 12.1 Å². The van der Waals surface area contributed by atoms with Crippen molar-refractivity contribution < 1.29 is 9.90 Å². The van der Waals surface area contributed by atoms with Gasteiger partial charge in [-0.2, -0.15) is 5.26 Å². The van der Waals surface area contributed by atoms with Gasteiger partial charge in [-0.1, -0.05) is 24.6 Å². The number of amides is 1. The summed E-state index contributed by atoms with van der Waals surface area (Å²) in [6, 6.07) is 9.54. The molecule has 1 aliphatic carbocycles. The Balaban J connectivity index is 1.92. The molecule has 0 bridgehead atoms. The first-order valence-corrected chi connectivity index (χ1v) is 7.70. The highest BCUT2D eigenvalue weighted by Gasteiger charge is 2.58. The summed E-state index contributed by atoms with van der Waals surface area (Å²) in [6.45, 7) is 0. The van der Waals surface area contributed by atoms with Crippen molar-refractivity contribution in [3.05, 3.63) is 29.8 Å². The molecule has 1 N–H and O–H groups in total. The van der Waals surface area contributed by atoms with Crippen LogP contribution in [-0.4, -0.2) is 22.7 Å². The summed E-state index contributed by atoms with van der Waals surface area (Å²) in [5.41, 5.74) is 0.797. The number of nitriles is 1. The molecule has 1 saturated heterocycles. The molecule has 0 unspecified atom stereocenters. The van der Waals surface area contributed by atoms with E-state index in [1.807, 2.05) is 24.3 Å². The Kier molecular flexibility index (Phi) is 2.64. The summed E-state index contributed by atoms with van der Waals surface area (Å²) in [7, 11) is 0. The van der Waals surface area contributed by atoms with Gasteiger partial charge in [0.25, 0.3) is 0 Å². The highest BCUT2D eigenvalue weighted by atomic mass is 16.3. The van der Waals surface area contributed by atoms with Crippen LogP contribution in [0.3, 0.4) is 0 Å². The van der Waals surface area contributed by atoms with Gasteiger partial charge < -0.3 is 10.0 Å². The predicted molar refractivity (Wildman–Crippen MR) is 77.6 cm³/mol. The van der Waals surface area contributed by atoms with E-state index in [-0.39, 0.29) is 11.8 Å². The van der Waals surface area contributed by atoms with E-state index in [1.165, 1.54) is 0 Å². The number of fused-ring (bicyclic) bond motifs is 5. The van der Waals surface area contributed by atoms with Crippen LogP contribution in [0.5, 0.6) is 0 Å². The first kappa shape index (κ1) is 12.8. The molecule has 4 atom stereocenters. The van der Waals surface area contributed by atoms with Gasteiger partial charge >= 0.3 is 0 Å². The van der Waals surface area contributed by atoms with Crippen molar-refractivity contribution >= 4 is 11.6 Å². The molecule has 4 heteroatoms. The van der Waals surface area contributed by atoms with Gasteiger partial charge in [0.2, 0.25) is 5.91 Å². The molecule has 1 saturated carbocycles. The Morgan fingerprint density at radius 2 is 2.14 bits per heavy atom. The lowest BCUT2D eigenvalue weighted by atomic mass is 9.77. The maximum absolute atomic E-state index is 12.6. The van der Waals surface area contributed by atoms with Crippen molar-refractivity contribution in [2.24, 2.45) is 5.92 Å². The van der Waals surface area contributed by atoms with Crippen LogP contribution in [-0.2, 0) is 4.79 Å². The van der Waals surface area contributed by atoms with Crippen LogP contribution in [0.1, 0.15) is 43.6 Å². The third-order valence-corrected chi connectivity index (χ3v) is 5.59. The van der Waals surface area contributed by atoms with Crippen molar-refractivity contribution in [2.45, 2.75) is 49.7 Å². The van der Waals surface area contributed by atoms with Crippen LogP contribution in [0.4, 0.5) is 5.69 Å². The van der Waals surface area contributed by atoms with E-state index < -0.39 is 17.6 Å². The van der Waals surface area contributed by atoms with Crippen LogP contribution in [0.25, 0.3) is 0 Å². The molecule has 1 aromatic rings. The number of benzene rings is 1. The van der Waals surface area contributed by atoms with Crippen molar-refractivity contribution in [3.8, 4) is 6.07 Å². The third-order valence-electron chi connectivity index (χ3n) is 5.59. The maximum atomic E-state index is 12.6. The summed E-state index contributed by atoms with van der Waals surface area (Å²) in [5.74, 6) is -0.233. The zero-order valence-corrected chi connectivity index (χ0v) is 11.8. The number of rotatable bonds is 0. The second-order valence-electron chi connectivity index (χ2n) is 6.49. The summed E-state index contributed by atoms with van der Waals surface area (Å²) in [6.07, 6.45) is 3.84. The Labute approximate surface area is 124 Å². The van der Waals surface area contributed by atoms with Gasteiger partial charge in [-0.05, 0) is 36.8 Å². The van der Waals surface area contributed by atoms with E-state index in [9.17, 15) is 15.2 Å². The summed E-state index contributed by atoms with van der Waals surface area (Å²) in [5, 5.41) is 21.0. The molecule has 0 aromatic heterocycles. The van der Waals surface area contributed by atoms with Crippen LogP contribution in [0, 0.1) is 17.2 Å². The Bertz CT molecular complexity index is 650. The number of nitrogens with zero attached hydrogens (tertiary/aromatic N) is 2. The highest BCUT2D eigenvalue weighted by Crippen LogP contribution is 2.53. The molecule has 1 aromatic carbocycles. The lowest BCUT2D eigenvalue weighted by Crippen LogP contribution is -2.54. The van der Waals surface area contributed by atoms with Crippen LogP contribution >= 0.6 is 0 Å². The fraction of sp³-hybridized carbons (Fsp3) is 0.529. The average Bonchev–Trinajstić information content (AvgIpc) is 3.00. The zero-order valence-electron chi connectivity index (χ0n) is 11.8. The molecule has 0 spiro atoms. The lowest BCUT2D eigenvalue weighted by molar-refractivity contribution is -0.119. The lowest BCUT2D eigenvalue weighted by Gasteiger charge is -2.39. The minimum Gasteiger partial charge on any atom is -0.387 e. The number of para-hydroxylation sites is 1. The zero-order chi connectivity index (χ0) is 14.6. The fourth-order valence-corrected chi connectivity index (χ4v) is 4.67. The Hall–Kier alpha value is -1.86. The quantitative estimate of drug-likeness (QED) is 0.794. The number of hydrogen-bond donors (Lipinski definition) is 1. The second kappa shape index (κ2) is 4.32. The molecule has 2 fully saturated rings. The van der Waals surface area contributed by atoms with E-state index in [4.69, 9.17) is 0 Å². The van der Waals surface area contributed by atoms with Crippen molar-refractivity contribution in [1.82, 2.24) is 0 Å². The molecular formula is C17H18N2O2. The largest absolute Gasteiger partial charge is 0.387 e. The Morgan fingerprint density at radius 3 is 2.95 bits per heavy atom. The van der Waals surface area contributed by atoms with Gasteiger partial charge in [0.15, 0.2) is 0 Å². The number of carbonyl (C=O) groups excluding carboxylic acids is 1. The molecule has 4 nitrogen and oxygen atoms in total. The molecule has 3 aliphatic rings. The highest BCUT2D eigenvalue weighted by molar-refractivity contribution is 5.97. The molecule has 2 heterocycles. The summed E-state index contributed by atoms with van der Waals surface area (Å²) >= 11 is 0. The Morgan fingerprint density at radius 1 is 1.33 bits per heavy atom. The molecular weight excluding hydrogens is 264 g/mol. The molecule has 108 valence electrons. The number of hydrogen-bond acceptors (Lipinski definition) is 3. The standard InChI is InChI=1S/C17H18N2O2/c18-10-13-12-5-1-2-6-14(12)19-15(20)8-7-11-4-3-9-17(11,21)16(13)19/h1-2,5-6,11,13,16,21H,3-4,7-9H2/t11-,13-,16-,17+/m1/s1. The maximum Gasteiger partial charge on any atom is 0.227 e. The van der Waals surface area contributed by atoms with Crippen LogP contribution < -0.4 is 4.90 Å². The minimum absolute atomic E-state index is 0.0491. The molecule has 0 radical (unpaired) electrons. The van der Waals surface area contributed by atoms with Gasteiger partial charge in [-0.3, -0.25) is 4.79 Å². The summed E-state index contributed by atoms with van der Waals surface area (Å²) in [4.78, 5) is 14.3. The SMILES string of the molecule is N#C[C@@H]1c2ccccc2N2C(=O)CC[C@H]3CCC[C@@]3(O)[C@@H]12. The van der Waals surface area contributed by atoms with Crippen molar-refractivity contribution in [2.75, 3.05) is 4.90 Å². The van der Waals surface area contributed by atoms with Crippen molar-refractivity contribution in [1.29, 1.82) is 5.26 Å². The van der Waals surface area contributed by atoms with E-state index in [0.717, 1.165) is 30.5 Å². The van der Waals surface area contributed by atoms with E-state index in [1.54, 1.807) is 4.90 Å². The third kappa shape index (κ3) is 1.55. The molecule has 21 heavy (non-hydrogen) atoms. The normalized spacial score (nSPS) is 37.4. The topological polar surface area (TPSA) is 64.3 Å². The molecule has 4 rings (SSSR count). The van der Waals surface area contributed by atoms with E-state index in [2.05, 4.69) is 6.07 Å². The van der Waals surface area contributed by atoms with Gasteiger partial charge in [-0.15, -0.1) is 0 Å². The number of aliphatic hydroxyl groups is 1. The average molecular weight is 282 g/mol. The van der Waals surface area contributed by atoms with E-state index >= 15 is 0 Å². The first-order valence-electron chi connectivity index (χ1n) is 7.70. The fourth-order valence-electron chi connectivity index (χ4n) is 4.67. The van der Waals surface area contributed by atoms with Crippen LogP contribution in [0.2, 0.25) is 0 Å². The van der Waals surface area contributed by atoms with E-state index in [0.29, 0.717) is 12.8 Å². The van der Waals surface area contributed by atoms with Gasteiger partial charge in [-0.25, -0.2) is 0 Å². The second-order valence-corrected chi connectivity index (χ2v) is 6.49. The smallest absolute Gasteiger partial charge is 0.227 e. The van der Waals surface area contributed by atoms with Gasteiger partial charge in [0.1, 0.15) is 0 Å². The number of anilines is 1. The monoisotopic (exact) mass is 282 g/mol. The molecule has 1 amide bonds.